The van der Waals surface area contributed by atoms with Crippen molar-refractivity contribution in [2.75, 3.05) is 20.3 Å². The van der Waals surface area contributed by atoms with Gasteiger partial charge in [-0.15, -0.1) is 6.58 Å². The van der Waals surface area contributed by atoms with Crippen molar-refractivity contribution in [1.29, 1.82) is 0 Å². The van der Waals surface area contributed by atoms with Gasteiger partial charge in [-0.1, -0.05) is 23.7 Å². The molecule has 0 bridgehead atoms. The molecule has 2 aromatic rings. The fourth-order valence-electron chi connectivity index (χ4n) is 2.29. The average Bonchev–Trinajstić information content (AvgIpc) is 2.98. The van der Waals surface area contributed by atoms with E-state index in [0.29, 0.717) is 23.0 Å². The van der Waals surface area contributed by atoms with E-state index in [1.54, 1.807) is 40.1 Å². The standard InChI is InChI=1S/C17H19ClFN3O2/c1-3-8-22(17(23)12-24-2)11-16-20-7-9-21(16)10-13-14(18)5-4-6-15(13)19/h3-7,9H,1,8,10-12H2,2H3. The first kappa shape index (κ1) is 18.2. The summed E-state index contributed by atoms with van der Waals surface area (Å²) in [4.78, 5) is 17.9. The van der Waals surface area contributed by atoms with Gasteiger partial charge in [0.05, 0.1) is 13.1 Å². The Hall–Kier alpha value is -2.18. The summed E-state index contributed by atoms with van der Waals surface area (Å²) in [5.74, 6) is 0.0806. The maximum absolute atomic E-state index is 14.0. The second-order valence-corrected chi connectivity index (χ2v) is 5.57. The van der Waals surface area contributed by atoms with Crippen LogP contribution in [-0.4, -0.2) is 40.6 Å². The molecule has 128 valence electrons. The molecule has 0 saturated carbocycles. The number of rotatable bonds is 8. The first-order valence-corrected chi connectivity index (χ1v) is 7.75. The fourth-order valence-corrected chi connectivity index (χ4v) is 2.51. The van der Waals surface area contributed by atoms with Crippen molar-refractivity contribution < 1.29 is 13.9 Å². The molecule has 0 unspecified atom stereocenters. The van der Waals surface area contributed by atoms with Crippen LogP contribution >= 0.6 is 11.6 Å². The van der Waals surface area contributed by atoms with Crippen molar-refractivity contribution in [3.63, 3.8) is 0 Å². The highest BCUT2D eigenvalue weighted by Gasteiger charge is 2.16. The summed E-state index contributed by atoms with van der Waals surface area (Å²) < 4.78 is 20.6. The summed E-state index contributed by atoms with van der Waals surface area (Å²) in [5.41, 5.74) is 0.386. The molecule has 7 heteroatoms. The maximum Gasteiger partial charge on any atom is 0.249 e. The normalized spacial score (nSPS) is 10.6. The van der Waals surface area contributed by atoms with Crippen LogP contribution < -0.4 is 0 Å². The number of ether oxygens (including phenoxy) is 1. The topological polar surface area (TPSA) is 47.4 Å². The largest absolute Gasteiger partial charge is 0.375 e. The zero-order valence-corrected chi connectivity index (χ0v) is 14.2. The van der Waals surface area contributed by atoms with Crippen molar-refractivity contribution in [3.8, 4) is 0 Å². The summed E-state index contributed by atoms with van der Waals surface area (Å²) >= 11 is 6.08. The predicted octanol–water partition coefficient (Wildman–Crippen LogP) is 2.88. The number of carbonyl (C=O) groups excluding carboxylic acids is 1. The number of methoxy groups -OCH3 is 1. The van der Waals surface area contributed by atoms with Gasteiger partial charge in [-0.05, 0) is 12.1 Å². The van der Waals surface area contributed by atoms with Gasteiger partial charge in [-0.2, -0.15) is 0 Å². The van der Waals surface area contributed by atoms with Crippen LogP contribution in [0.1, 0.15) is 11.4 Å². The molecule has 0 spiro atoms. The minimum atomic E-state index is -0.374. The Morgan fingerprint density at radius 3 is 3.00 bits per heavy atom. The Kier molecular flexibility index (Phi) is 6.52. The molecule has 0 aliphatic carbocycles. The Labute approximate surface area is 145 Å². The van der Waals surface area contributed by atoms with E-state index >= 15 is 0 Å². The molecule has 5 nitrogen and oxygen atoms in total. The van der Waals surface area contributed by atoms with Crippen molar-refractivity contribution >= 4 is 17.5 Å². The van der Waals surface area contributed by atoms with Crippen molar-refractivity contribution in [2.45, 2.75) is 13.1 Å². The second kappa shape index (κ2) is 8.61. The van der Waals surface area contributed by atoms with Gasteiger partial charge in [0.2, 0.25) is 5.91 Å². The molecule has 1 aromatic carbocycles. The zero-order valence-electron chi connectivity index (χ0n) is 13.4. The van der Waals surface area contributed by atoms with Gasteiger partial charge >= 0.3 is 0 Å². The summed E-state index contributed by atoms with van der Waals surface area (Å²) in [6, 6.07) is 4.57. The molecule has 1 amide bonds. The lowest BCUT2D eigenvalue weighted by Gasteiger charge is -2.21. The molecule has 1 aromatic heterocycles. The minimum absolute atomic E-state index is 0.0201. The Morgan fingerprint density at radius 1 is 1.54 bits per heavy atom. The number of amides is 1. The molecular formula is C17H19ClFN3O2. The zero-order chi connectivity index (χ0) is 17.5. The quantitative estimate of drug-likeness (QED) is 0.687. The van der Waals surface area contributed by atoms with Crippen LogP contribution in [0.2, 0.25) is 5.02 Å². The Bertz CT molecular complexity index is 697. The minimum Gasteiger partial charge on any atom is -0.375 e. The van der Waals surface area contributed by atoms with Crippen LogP contribution in [-0.2, 0) is 22.6 Å². The van der Waals surface area contributed by atoms with E-state index in [2.05, 4.69) is 11.6 Å². The summed E-state index contributed by atoms with van der Waals surface area (Å²) in [6.07, 6.45) is 4.97. The fraction of sp³-hybridized carbons (Fsp3) is 0.294. The summed E-state index contributed by atoms with van der Waals surface area (Å²) in [5, 5.41) is 0.355. The number of carbonyl (C=O) groups is 1. The van der Waals surface area contributed by atoms with Crippen LogP contribution in [0.15, 0.2) is 43.2 Å². The molecular weight excluding hydrogens is 333 g/mol. The van der Waals surface area contributed by atoms with Crippen molar-refractivity contribution in [3.05, 3.63) is 65.5 Å². The van der Waals surface area contributed by atoms with Crippen LogP contribution in [0.3, 0.4) is 0 Å². The van der Waals surface area contributed by atoms with Gasteiger partial charge in [0.1, 0.15) is 18.2 Å². The van der Waals surface area contributed by atoms with Crippen molar-refractivity contribution in [2.24, 2.45) is 0 Å². The van der Waals surface area contributed by atoms with E-state index < -0.39 is 0 Å². The van der Waals surface area contributed by atoms with Gasteiger partial charge in [0, 0.05) is 36.6 Å². The van der Waals surface area contributed by atoms with Gasteiger partial charge < -0.3 is 14.2 Å². The second-order valence-electron chi connectivity index (χ2n) is 5.17. The summed E-state index contributed by atoms with van der Waals surface area (Å²) in [7, 11) is 1.46. The number of hydrogen-bond acceptors (Lipinski definition) is 3. The number of halogens is 2. The molecule has 0 aliphatic rings. The third kappa shape index (κ3) is 4.43. The van der Waals surface area contributed by atoms with E-state index in [1.807, 2.05) is 0 Å². The number of imidazole rings is 1. The summed E-state index contributed by atoms with van der Waals surface area (Å²) in [6.45, 7) is 4.52. The van der Waals surface area contributed by atoms with E-state index in [0.717, 1.165) is 0 Å². The van der Waals surface area contributed by atoms with Gasteiger partial charge in [0.25, 0.3) is 0 Å². The lowest BCUT2D eigenvalue weighted by molar-refractivity contribution is -0.135. The van der Waals surface area contributed by atoms with Crippen molar-refractivity contribution in [1.82, 2.24) is 14.5 Å². The predicted molar refractivity (Wildman–Crippen MR) is 90.2 cm³/mol. The maximum atomic E-state index is 14.0. The molecule has 2 rings (SSSR count). The highest BCUT2D eigenvalue weighted by atomic mass is 35.5. The lowest BCUT2D eigenvalue weighted by Crippen LogP contribution is -2.34. The third-order valence-electron chi connectivity index (χ3n) is 3.49. The van der Waals surface area contributed by atoms with Gasteiger partial charge in [-0.3, -0.25) is 4.79 Å². The Morgan fingerprint density at radius 2 is 2.33 bits per heavy atom. The first-order chi connectivity index (χ1) is 11.6. The molecule has 0 radical (unpaired) electrons. The number of benzene rings is 1. The molecule has 0 N–H and O–H groups in total. The molecule has 1 heterocycles. The van der Waals surface area contributed by atoms with E-state index in [9.17, 15) is 9.18 Å². The Balaban J connectivity index is 2.20. The average molecular weight is 352 g/mol. The highest BCUT2D eigenvalue weighted by molar-refractivity contribution is 6.31. The first-order valence-electron chi connectivity index (χ1n) is 7.37. The van der Waals surface area contributed by atoms with Crippen LogP contribution in [0.5, 0.6) is 0 Å². The molecule has 24 heavy (non-hydrogen) atoms. The number of hydrogen-bond donors (Lipinski definition) is 0. The lowest BCUT2D eigenvalue weighted by atomic mass is 10.2. The van der Waals surface area contributed by atoms with Gasteiger partial charge in [-0.25, -0.2) is 9.37 Å². The monoisotopic (exact) mass is 351 g/mol. The van der Waals surface area contributed by atoms with Crippen LogP contribution in [0, 0.1) is 5.82 Å². The highest BCUT2D eigenvalue weighted by Crippen LogP contribution is 2.20. The molecule has 0 saturated heterocycles. The molecule has 0 fully saturated rings. The van der Waals surface area contributed by atoms with E-state index in [-0.39, 0.29) is 31.4 Å². The van der Waals surface area contributed by atoms with E-state index in [1.165, 1.54) is 13.2 Å². The smallest absolute Gasteiger partial charge is 0.249 e. The van der Waals surface area contributed by atoms with E-state index in [4.69, 9.17) is 16.3 Å². The SMILES string of the molecule is C=CCN(Cc1nccn1Cc1c(F)cccc1Cl)C(=O)COC. The van der Waals surface area contributed by atoms with Crippen LogP contribution in [0.25, 0.3) is 0 Å². The van der Waals surface area contributed by atoms with Gasteiger partial charge in [0.15, 0.2) is 0 Å². The number of nitrogens with zero attached hydrogens (tertiary/aromatic N) is 3. The van der Waals surface area contributed by atoms with Crippen LogP contribution in [0.4, 0.5) is 4.39 Å². The third-order valence-corrected chi connectivity index (χ3v) is 3.85. The molecule has 0 atom stereocenters. The number of aromatic nitrogens is 2. The molecule has 0 aliphatic heterocycles.